The molecule has 0 saturated carbocycles. The summed E-state index contributed by atoms with van der Waals surface area (Å²) in [5, 5.41) is 3.05. The molecule has 0 spiro atoms. The smallest absolute Gasteiger partial charge is 0.262 e. The van der Waals surface area contributed by atoms with Crippen molar-refractivity contribution >= 4 is 15.9 Å². The van der Waals surface area contributed by atoms with Crippen molar-refractivity contribution in [2.24, 2.45) is 7.05 Å². The number of amides is 1. The third kappa shape index (κ3) is 3.94. The zero-order valence-electron chi connectivity index (χ0n) is 16.0. The third-order valence-corrected chi connectivity index (χ3v) is 6.87. The van der Waals surface area contributed by atoms with Crippen LogP contribution in [0.1, 0.15) is 21.8 Å². The van der Waals surface area contributed by atoms with Gasteiger partial charge in [0.25, 0.3) is 15.9 Å². The summed E-state index contributed by atoms with van der Waals surface area (Å²) in [4.78, 5) is 16.7. The van der Waals surface area contributed by atoms with Crippen LogP contribution in [0, 0.1) is 0 Å². The van der Waals surface area contributed by atoms with Crippen LogP contribution in [-0.2, 0) is 17.1 Å². The summed E-state index contributed by atoms with van der Waals surface area (Å²) in [6.07, 6.45) is 2.95. The van der Waals surface area contributed by atoms with Gasteiger partial charge >= 0.3 is 0 Å². The second-order valence-electron chi connectivity index (χ2n) is 7.16. The van der Waals surface area contributed by atoms with Crippen LogP contribution in [0.25, 0.3) is 0 Å². The maximum absolute atomic E-state index is 13.1. The van der Waals surface area contributed by atoms with E-state index in [2.05, 4.69) is 10.3 Å². The van der Waals surface area contributed by atoms with E-state index in [4.69, 9.17) is 0 Å². The minimum absolute atomic E-state index is 0.0156. The van der Waals surface area contributed by atoms with Gasteiger partial charge in [0.05, 0.1) is 12.4 Å². The topological polar surface area (TPSA) is 84.3 Å². The van der Waals surface area contributed by atoms with Crippen molar-refractivity contribution in [2.45, 2.75) is 17.0 Å². The Hall–Kier alpha value is -2.97. The van der Waals surface area contributed by atoms with Crippen LogP contribution in [0.2, 0.25) is 0 Å². The number of hydrogen-bond acceptors (Lipinski definition) is 4. The quantitative estimate of drug-likeness (QED) is 0.697. The van der Waals surface area contributed by atoms with Crippen LogP contribution in [0.3, 0.4) is 0 Å². The zero-order chi connectivity index (χ0) is 20.4. The average Bonchev–Trinajstić information content (AvgIpc) is 3.36. The van der Waals surface area contributed by atoms with Crippen LogP contribution in [0.5, 0.6) is 0 Å². The molecule has 2 heterocycles. The molecule has 8 heteroatoms. The molecule has 0 aliphatic carbocycles. The van der Waals surface area contributed by atoms with Gasteiger partial charge in [-0.1, -0.05) is 48.5 Å². The first-order chi connectivity index (χ1) is 13.9. The van der Waals surface area contributed by atoms with Gasteiger partial charge in [-0.15, -0.1) is 0 Å². The number of carbonyl (C=O) groups is 1. The van der Waals surface area contributed by atoms with Gasteiger partial charge in [-0.05, 0) is 17.7 Å². The van der Waals surface area contributed by atoms with E-state index in [-0.39, 0.29) is 36.0 Å². The number of imidazole rings is 1. The van der Waals surface area contributed by atoms with E-state index < -0.39 is 10.0 Å². The van der Waals surface area contributed by atoms with Crippen molar-refractivity contribution < 1.29 is 13.2 Å². The number of benzene rings is 2. The van der Waals surface area contributed by atoms with Gasteiger partial charge in [0.2, 0.25) is 0 Å². The molecule has 2 atom stereocenters. The van der Waals surface area contributed by atoms with Crippen molar-refractivity contribution in [1.82, 2.24) is 19.2 Å². The predicted molar refractivity (Wildman–Crippen MR) is 109 cm³/mol. The summed E-state index contributed by atoms with van der Waals surface area (Å²) >= 11 is 0. The number of hydrogen-bond donors (Lipinski definition) is 1. The van der Waals surface area contributed by atoms with Gasteiger partial charge in [0, 0.05) is 37.8 Å². The lowest BCUT2D eigenvalue weighted by molar-refractivity contribution is 0.0936. The Bertz CT molecular complexity index is 1100. The maximum Gasteiger partial charge on any atom is 0.262 e. The highest BCUT2D eigenvalue weighted by molar-refractivity contribution is 7.89. The molecule has 3 aromatic rings. The van der Waals surface area contributed by atoms with E-state index in [0.717, 1.165) is 5.56 Å². The molecule has 29 heavy (non-hydrogen) atoms. The molecule has 0 unspecified atom stereocenters. The lowest BCUT2D eigenvalue weighted by atomic mass is 9.94. The molecule has 150 valence electrons. The molecule has 1 aromatic heterocycles. The fraction of sp³-hybridized carbons (Fsp3) is 0.238. The van der Waals surface area contributed by atoms with Crippen molar-refractivity contribution in [3.05, 3.63) is 84.3 Å². The first kappa shape index (κ1) is 19.4. The van der Waals surface area contributed by atoms with E-state index in [9.17, 15) is 13.2 Å². The van der Waals surface area contributed by atoms with Crippen LogP contribution < -0.4 is 5.32 Å². The van der Waals surface area contributed by atoms with E-state index >= 15 is 0 Å². The number of aromatic nitrogens is 2. The Kier molecular flexibility index (Phi) is 5.21. The predicted octanol–water partition coefficient (Wildman–Crippen LogP) is 2.01. The second kappa shape index (κ2) is 7.81. The van der Waals surface area contributed by atoms with Crippen LogP contribution >= 0.6 is 0 Å². The molecule has 2 aromatic carbocycles. The summed E-state index contributed by atoms with van der Waals surface area (Å²) in [7, 11) is -2.01. The van der Waals surface area contributed by atoms with Gasteiger partial charge in [-0.2, -0.15) is 4.31 Å². The van der Waals surface area contributed by atoms with Gasteiger partial charge in [-0.25, -0.2) is 13.4 Å². The number of nitrogens with zero attached hydrogens (tertiary/aromatic N) is 3. The SMILES string of the molecule is Cn1cnc(S(=O)(=O)N2C[C@H](NC(=O)c3ccccc3)[C@@H](c3ccccc3)C2)c1. The van der Waals surface area contributed by atoms with Gasteiger partial charge < -0.3 is 9.88 Å². The molecule has 1 saturated heterocycles. The Labute approximate surface area is 170 Å². The third-order valence-electron chi connectivity index (χ3n) is 5.15. The molecule has 1 aliphatic heterocycles. The lowest BCUT2D eigenvalue weighted by Gasteiger charge is -2.20. The Morgan fingerprint density at radius 3 is 2.31 bits per heavy atom. The molecule has 0 radical (unpaired) electrons. The molecular weight excluding hydrogens is 388 g/mol. The fourth-order valence-corrected chi connectivity index (χ4v) is 5.10. The van der Waals surface area contributed by atoms with Gasteiger partial charge in [0.15, 0.2) is 5.03 Å². The van der Waals surface area contributed by atoms with Crippen LogP contribution in [0.15, 0.2) is 78.2 Å². The van der Waals surface area contributed by atoms with E-state index in [1.165, 1.54) is 16.8 Å². The highest BCUT2D eigenvalue weighted by Crippen LogP contribution is 2.31. The molecule has 4 rings (SSSR count). The highest BCUT2D eigenvalue weighted by Gasteiger charge is 2.41. The van der Waals surface area contributed by atoms with E-state index in [1.54, 1.807) is 35.9 Å². The van der Waals surface area contributed by atoms with Crippen molar-refractivity contribution in [3.63, 3.8) is 0 Å². The maximum atomic E-state index is 13.1. The Balaban J connectivity index is 1.62. The van der Waals surface area contributed by atoms with Crippen LogP contribution in [-0.4, -0.2) is 47.3 Å². The molecule has 7 nitrogen and oxygen atoms in total. The number of rotatable bonds is 5. The second-order valence-corrected chi connectivity index (χ2v) is 9.05. The summed E-state index contributed by atoms with van der Waals surface area (Å²) < 4.78 is 29.1. The van der Waals surface area contributed by atoms with Gasteiger partial charge in [-0.3, -0.25) is 4.79 Å². The van der Waals surface area contributed by atoms with E-state index in [0.29, 0.717) is 5.56 Å². The van der Waals surface area contributed by atoms with Crippen molar-refractivity contribution in [3.8, 4) is 0 Å². The Morgan fingerprint density at radius 2 is 1.69 bits per heavy atom. The van der Waals surface area contributed by atoms with E-state index in [1.807, 2.05) is 36.4 Å². The minimum Gasteiger partial charge on any atom is -0.347 e. The number of carbonyl (C=O) groups excluding carboxylic acids is 1. The molecule has 0 bridgehead atoms. The molecule has 1 aliphatic rings. The number of sulfonamides is 1. The summed E-state index contributed by atoms with van der Waals surface area (Å²) in [6.45, 7) is 0.472. The fourth-order valence-electron chi connectivity index (χ4n) is 3.64. The standard InChI is InChI=1S/C21H22N4O3S/c1-24-14-20(22-15-24)29(27,28)25-12-18(16-8-4-2-5-9-16)19(13-25)23-21(26)17-10-6-3-7-11-17/h2-11,14-15,18-19H,12-13H2,1H3,(H,23,26)/t18-,19+/m1/s1. The van der Waals surface area contributed by atoms with Crippen molar-refractivity contribution in [2.75, 3.05) is 13.1 Å². The zero-order valence-corrected chi connectivity index (χ0v) is 16.8. The summed E-state index contributed by atoms with van der Waals surface area (Å²) in [5.41, 5.74) is 1.54. The number of nitrogens with one attached hydrogen (secondary N) is 1. The molecule has 1 N–H and O–H groups in total. The summed E-state index contributed by atoms with van der Waals surface area (Å²) in [5.74, 6) is -0.365. The molecule has 1 amide bonds. The average molecular weight is 410 g/mol. The highest BCUT2D eigenvalue weighted by atomic mass is 32.2. The van der Waals surface area contributed by atoms with Gasteiger partial charge in [0.1, 0.15) is 0 Å². The monoisotopic (exact) mass is 410 g/mol. The first-order valence-corrected chi connectivity index (χ1v) is 10.8. The molecule has 1 fully saturated rings. The van der Waals surface area contributed by atoms with Crippen molar-refractivity contribution in [1.29, 1.82) is 0 Å². The van der Waals surface area contributed by atoms with Crippen LogP contribution in [0.4, 0.5) is 0 Å². The normalized spacial score (nSPS) is 19.9. The minimum atomic E-state index is -3.74. The Morgan fingerprint density at radius 1 is 1.03 bits per heavy atom. The molecular formula is C21H22N4O3S. The summed E-state index contributed by atoms with van der Waals surface area (Å²) in [6, 6.07) is 18.3. The number of aryl methyl sites for hydroxylation is 1. The lowest BCUT2D eigenvalue weighted by Crippen LogP contribution is -2.40. The largest absolute Gasteiger partial charge is 0.347 e. The first-order valence-electron chi connectivity index (χ1n) is 9.34.